The zero-order chi connectivity index (χ0) is 13.6. The molecule has 0 unspecified atom stereocenters. The molecule has 0 fully saturated rings. The van der Waals surface area contributed by atoms with Crippen molar-refractivity contribution in [3.05, 3.63) is 0 Å². The van der Waals surface area contributed by atoms with Crippen molar-refractivity contribution < 1.29 is 0 Å². The fourth-order valence-corrected chi connectivity index (χ4v) is 2.26. The van der Waals surface area contributed by atoms with Crippen LogP contribution in [0.15, 0.2) is 20.0 Å². The van der Waals surface area contributed by atoms with Gasteiger partial charge in [0, 0.05) is 0 Å². The SMILES string of the molecule is C1=NCCN1N1C=NCC1.C1=NCCN1N1C=NCC1. The lowest BCUT2D eigenvalue weighted by atomic mass is 10.6. The Morgan fingerprint density at radius 1 is 0.450 bits per heavy atom. The van der Waals surface area contributed by atoms with Gasteiger partial charge in [0.05, 0.1) is 52.4 Å². The summed E-state index contributed by atoms with van der Waals surface area (Å²) in [7, 11) is 0. The van der Waals surface area contributed by atoms with Crippen LogP contribution in [0.5, 0.6) is 0 Å². The molecule has 0 aromatic carbocycles. The van der Waals surface area contributed by atoms with E-state index in [-0.39, 0.29) is 0 Å². The van der Waals surface area contributed by atoms with E-state index in [9.17, 15) is 0 Å². The van der Waals surface area contributed by atoms with E-state index in [1.165, 1.54) is 0 Å². The highest BCUT2D eigenvalue weighted by atomic mass is 15.7. The molecule has 0 atom stereocenters. The standard InChI is InChI=1S/2C6H10N4/c2*1-3-9(5-7-1)10-4-2-8-6-10/h2*5-6H,1-4H2. The van der Waals surface area contributed by atoms with Crippen LogP contribution < -0.4 is 0 Å². The molecule has 8 nitrogen and oxygen atoms in total. The zero-order valence-electron chi connectivity index (χ0n) is 11.5. The van der Waals surface area contributed by atoms with Crippen LogP contribution in [0.3, 0.4) is 0 Å². The fraction of sp³-hybridized carbons (Fsp3) is 0.667. The number of aliphatic imine (C=N–C) groups is 4. The number of nitrogens with zero attached hydrogens (tertiary/aromatic N) is 8. The molecule has 0 aromatic heterocycles. The van der Waals surface area contributed by atoms with Gasteiger partial charge in [-0.3, -0.25) is 40.0 Å². The van der Waals surface area contributed by atoms with Gasteiger partial charge < -0.3 is 0 Å². The van der Waals surface area contributed by atoms with E-state index in [0.717, 1.165) is 52.4 Å². The Bertz CT molecular complexity index is 349. The van der Waals surface area contributed by atoms with Gasteiger partial charge in [-0.05, 0) is 0 Å². The van der Waals surface area contributed by atoms with Crippen LogP contribution in [0, 0.1) is 0 Å². The number of hydrogen-bond donors (Lipinski definition) is 0. The van der Waals surface area contributed by atoms with Crippen LogP contribution in [0.1, 0.15) is 0 Å². The first kappa shape index (κ1) is 12.9. The summed E-state index contributed by atoms with van der Waals surface area (Å²) in [6.07, 6.45) is 7.49. The Morgan fingerprint density at radius 3 is 0.850 bits per heavy atom. The summed E-state index contributed by atoms with van der Waals surface area (Å²) in [6, 6.07) is 0. The predicted molar refractivity (Wildman–Crippen MR) is 80.3 cm³/mol. The quantitative estimate of drug-likeness (QED) is 0.661. The van der Waals surface area contributed by atoms with E-state index in [4.69, 9.17) is 0 Å². The van der Waals surface area contributed by atoms with Gasteiger partial charge in [0.25, 0.3) is 0 Å². The molecule has 0 N–H and O–H groups in total. The largest absolute Gasteiger partial charge is 0.272 e. The van der Waals surface area contributed by atoms with E-state index in [1.54, 1.807) is 0 Å². The van der Waals surface area contributed by atoms with Gasteiger partial charge in [-0.2, -0.15) is 0 Å². The van der Waals surface area contributed by atoms with Gasteiger partial charge in [0.2, 0.25) is 0 Å². The van der Waals surface area contributed by atoms with E-state index < -0.39 is 0 Å². The van der Waals surface area contributed by atoms with Crippen LogP contribution in [0.25, 0.3) is 0 Å². The minimum atomic E-state index is 0.921. The molecule has 8 heteroatoms. The molecule has 0 spiro atoms. The van der Waals surface area contributed by atoms with Crippen molar-refractivity contribution in [2.45, 2.75) is 0 Å². The van der Waals surface area contributed by atoms with Crippen molar-refractivity contribution in [2.75, 3.05) is 52.4 Å². The third-order valence-electron chi connectivity index (χ3n) is 3.35. The average Bonchev–Trinajstić information content (AvgIpc) is 3.29. The molecule has 0 amide bonds. The summed E-state index contributed by atoms with van der Waals surface area (Å²) < 4.78 is 0. The highest BCUT2D eigenvalue weighted by Gasteiger charge is 2.15. The van der Waals surface area contributed by atoms with Crippen molar-refractivity contribution in [2.24, 2.45) is 20.0 Å². The summed E-state index contributed by atoms with van der Waals surface area (Å²) in [4.78, 5) is 16.4. The van der Waals surface area contributed by atoms with E-state index in [2.05, 4.69) is 40.0 Å². The molecule has 0 bridgehead atoms. The summed E-state index contributed by atoms with van der Waals surface area (Å²) in [5, 5.41) is 8.38. The molecule has 20 heavy (non-hydrogen) atoms. The molecule has 0 saturated heterocycles. The van der Waals surface area contributed by atoms with Crippen molar-refractivity contribution in [3.8, 4) is 0 Å². The maximum absolute atomic E-state index is 4.11. The van der Waals surface area contributed by atoms with Crippen LogP contribution >= 0.6 is 0 Å². The Morgan fingerprint density at radius 2 is 0.700 bits per heavy atom. The molecule has 0 aromatic rings. The molecular weight excluding hydrogens is 256 g/mol. The minimum absolute atomic E-state index is 0.921. The third-order valence-corrected chi connectivity index (χ3v) is 3.35. The smallest absolute Gasteiger partial charge is 0.104 e. The highest BCUT2D eigenvalue weighted by Crippen LogP contribution is 2.02. The molecule has 108 valence electrons. The Hall–Kier alpha value is -2.12. The summed E-state index contributed by atoms with van der Waals surface area (Å²) in [6.45, 7) is 7.71. The lowest BCUT2D eigenvalue weighted by Gasteiger charge is -2.24. The summed E-state index contributed by atoms with van der Waals surface area (Å²) in [5.74, 6) is 0. The Kier molecular flexibility index (Phi) is 4.10. The predicted octanol–water partition coefficient (Wildman–Crippen LogP) is -0.822. The Balaban J connectivity index is 0.000000121. The fourth-order valence-electron chi connectivity index (χ4n) is 2.26. The molecule has 4 heterocycles. The first-order valence-corrected chi connectivity index (χ1v) is 7.00. The van der Waals surface area contributed by atoms with E-state index in [0.29, 0.717) is 0 Å². The van der Waals surface area contributed by atoms with Crippen molar-refractivity contribution >= 4 is 25.4 Å². The molecular formula is C12H20N8. The lowest BCUT2D eigenvalue weighted by molar-refractivity contribution is 0.176. The van der Waals surface area contributed by atoms with Crippen molar-refractivity contribution in [1.82, 2.24) is 20.0 Å². The first-order chi connectivity index (χ1) is 9.93. The highest BCUT2D eigenvalue weighted by molar-refractivity contribution is 5.64. The second kappa shape index (κ2) is 6.36. The second-order valence-electron chi connectivity index (χ2n) is 4.74. The molecule has 4 rings (SSSR count). The average molecular weight is 276 g/mol. The van der Waals surface area contributed by atoms with Gasteiger partial charge in [-0.15, -0.1) is 0 Å². The second-order valence-corrected chi connectivity index (χ2v) is 4.74. The number of hydrazine groups is 2. The summed E-state index contributed by atoms with van der Waals surface area (Å²) >= 11 is 0. The van der Waals surface area contributed by atoms with Gasteiger partial charge in [-0.1, -0.05) is 0 Å². The lowest BCUT2D eigenvalue weighted by Crippen LogP contribution is -2.38. The molecule has 4 aliphatic heterocycles. The van der Waals surface area contributed by atoms with Crippen LogP contribution in [-0.2, 0) is 0 Å². The normalized spacial score (nSPS) is 23.2. The zero-order valence-corrected chi connectivity index (χ0v) is 11.5. The summed E-state index contributed by atoms with van der Waals surface area (Å²) in [5.41, 5.74) is 0. The molecule has 0 aliphatic carbocycles. The van der Waals surface area contributed by atoms with E-state index in [1.807, 2.05) is 25.4 Å². The van der Waals surface area contributed by atoms with Gasteiger partial charge in [0.15, 0.2) is 0 Å². The van der Waals surface area contributed by atoms with Crippen LogP contribution in [0.2, 0.25) is 0 Å². The Labute approximate surface area is 118 Å². The van der Waals surface area contributed by atoms with E-state index >= 15 is 0 Å². The van der Waals surface area contributed by atoms with Crippen molar-refractivity contribution in [3.63, 3.8) is 0 Å². The maximum atomic E-state index is 4.11. The van der Waals surface area contributed by atoms with Crippen LogP contribution in [-0.4, -0.2) is 97.7 Å². The minimum Gasteiger partial charge on any atom is -0.272 e. The maximum Gasteiger partial charge on any atom is 0.104 e. The number of hydrogen-bond acceptors (Lipinski definition) is 8. The third kappa shape index (κ3) is 3.06. The monoisotopic (exact) mass is 276 g/mol. The van der Waals surface area contributed by atoms with Crippen molar-refractivity contribution in [1.29, 1.82) is 0 Å². The van der Waals surface area contributed by atoms with Gasteiger partial charge in [0.1, 0.15) is 25.4 Å². The first-order valence-electron chi connectivity index (χ1n) is 7.00. The number of rotatable bonds is 2. The molecule has 0 radical (unpaired) electrons. The van der Waals surface area contributed by atoms with Gasteiger partial charge in [-0.25, -0.2) is 0 Å². The van der Waals surface area contributed by atoms with Crippen LogP contribution in [0.4, 0.5) is 0 Å². The molecule has 4 aliphatic rings. The molecule has 0 saturated carbocycles. The van der Waals surface area contributed by atoms with Gasteiger partial charge >= 0.3 is 0 Å². The topological polar surface area (TPSA) is 62.4 Å².